The molecule has 0 aromatic rings. The number of rotatable bonds is 10. The number of carbonyl (C=O) groups excluding carboxylic acids is 2. The van der Waals surface area contributed by atoms with Crippen LogP contribution in [0.25, 0.3) is 0 Å². The van der Waals surface area contributed by atoms with Crippen LogP contribution in [0.2, 0.25) is 0 Å². The van der Waals surface area contributed by atoms with Crippen molar-refractivity contribution < 1.29 is 14.3 Å². The van der Waals surface area contributed by atoms with E-state index in [4.69, 9.17) is 4.74 Å². The summed E-state index contributed by atoms with van der Waals surface area (Å²) >= 11 is 0. The molecule has 0 spiro atoms. The molecule has 120 valence electrons. The molecular formula is C14H29BrN2O3. The molecule has 0 rings (SSSR count). The molecule has 0 fully saturated rings. The summed E-state index contributed by atoms with van der Waals surface area (Å²) in [6.07, 6.45) is 5.30. The zero-order valence-corrected chi connectivity index (χ0v) is 14.7. The molecule has 0 aromatic heterocycles. The summed E-state index contributed by atoms with van der Waals surface area (Å²) in [4.78, 5) is 23.7. The summed E-state index contributed by atoms with van der Waals surface area (Å²) in [6.45, 7) is 4.14. The Hall–Kier alpha value is -0.620. The van der Waals surface area contributed by atoms with E-state index in [2.05, 4.69) is 17.6 Å². The maximum atomic E-state index is 12.1. The average molecular weight is 353 g/mol. The van der Waals surface area contributed by atoms with E-state index in [0.717, 1.165) is 32.1 Å². The van der Waals surface area contributed by atoms with Gasteiger partial charge in [-0.3, -0.25) is 4.79 Å². The second-order valence-electron chi connectivity index (χ2n) is 4.71. The van der Waals surface area contributed by atoms with Gasteiger partial charge in [0.1, 0.15) is 6.04 Å². The number of likely N-dealkylation sites (N-methyl/N-ethyl adjacent to an activating group) is 1. The van der Waals surface area contributed by atoms with Gasteiger partial charge in [-0.1, -0.05) is 39.5 Å². The third-order valence-corrected chi connectivity index (χ3v) is 3.16. The Bertz CT molecular complexity index is 275. The van der Waals surface area contributed by atoms with E-state index in [9.17, 15) is 9.59 Å². The Morgan fingerprint density at radius 3 is 1.95 bits per heavy atom. The topological polar surface area (TPSA) is 67.4 Å². The van der Waals surface area contributed by atoms with E-state index >= 15 is 0 Å². The van der Waals surface area contributed by atoms with Crippen LogP contribution in [0.15, 0.2) is 0 Å². The number of methoxy groups -OCH3 is 1. The Balaban J connectivity index is 0. The molecule has 6 heteroatoms. The molecule has 0 aliphatic carbocycles. The molecule has 1 amide bonds. The SMILES string of the molecule is Br.CCCCC(NC)C(=O)NC(CCCC)C(=O)OC. The van der Waals surface area contributed by atoms with Crippen LogP contribution in [0, 0.1) is 0 Å². The number of carbonyl (C=O) groups is 2. The summed E-state index contributed by atoms with van der Waals surface area (Å²) in [7, 11) is 3.11. The minimum Gasteiger partial charge on any atom is -0.467 e. The number of unbranched alkanes of at least 4 members (excludes halogenated alkanes) is 2. The normalized spacial score (nSPS) is 13.0. The lowest BCUT2D eigenvalue weighted by Crippen LogP contribution is -2.49. The highest BCUT2D eigenvalue weighted by molar-refractivity contribution is 8.93. The van der Waals surface area contributed by atoms with Crippen molar-refractivity contribution in [3.8, 4) is 0 Å². The Morgan fingerprint density at radius 1 is 1.05 bits per heavy atom. The zero-order chi connectivity index (χ0) is 14.7. The van der Waals surface area contributed by atoms with Gasteiger partial charge in [0.15, 0.2) is 0 Å². The van der Waals surface area contributed by atoms with Gasteiger partial charge in [0.05, 0.1) is 13.2 Å². The van der Waals surface area contributed by atoms with E-state index in [0.29, 0.717) is 6.42 Å². The van der Waals surface area contributed by atoms with Gasteiger partial charge in [-0.05, 0) is 19.9 Å². The highest BCUT2D eigenvalue weighted by atomic mass is 79.9. The first-order valence-electron chi connectivity index (χ1n) is 7.16. The highest BCUT2D eigenvalue weighted by Gasteiger charge is 2.24. The maximum Gasteiger partial charge on any atom is 0.328 e. The van der Waals surface area contributed by atoms with Crippen LogP contribution < -0.4 is 10.6 Å². The molecular weight excluding hydrogens is 324 g/mol. The molecule has 5 nitrogen and oxygen atoms in total. The molecule has 0 aromatic carbocycles. The fourth-order valence-corrected chi connectivity index (χ4v) is 1.89. The lowest BCUT2D eigenvalue weighted by Gasteiger charge is -2.20. The second kappa shape index (κ2) is 13.4. The van der Waals surface area contributed by atoms with Gasteiger partial charge in [-0.2, -0.15) is 0 Å². The van der Waals surface area contributed by atoms with E-state index in [1.165, 1.54) is 7.11 Å². The molecule has 0 aliphatic rings. The van der Waals surface area contributed by atoms with Gasteiger partial charge in [0, 0.05) is 0 Å². The van der Waals surface area contributed by atoms with Crippen LogP contribution in [-0.4, -0.2) is 38.1 Å². The molecule has 2 N–H and O–H groups in total. The van der Waals surface area contributed by atoms with Gasteiger partial charge in [-0.25, -0.2) is 4.79 Å². The van der Waals surface area contributed by atoms with Crippen molar-refractivity contribution in [2.24, 2.45) is 0 Å². The molecule has 0 heterocycles. The number of hydrogen-bond donors (Lipinski definition) is 2. The number of amides is 1. The number of nitrogens with one attached hydrogen (secondary N) is 2. The van der Waals surface area contributed by atoms with Crippen molar-refractivity contribution in [3.05, 3.63) is 0 Å². The molecule has 20 heavy (non-hydrogen) atoms. The number of ether oxygens (including phenoxy) is 1. The van der Waals surface area contributed by atoms with E-state index < -0.39 is 6.04 Å². The lowest BCUT2D eigenvalue weighted by atomic mass is 10.1. The molecule has 0 aliphatic heterocycles. The Labute approximate surface area is 133 Å². The average Bonchev–Trinajstić information content (AvgIpc) is 2.43. The van der Waals surface area contributed by atoms with Crippen molar-refractivity contribution in [1.82, 2.24) is 10.6 Å². The van der Waals surface area contributed by atoms with Gasteiger partial charge in [0.2, 0.25) is 5.91 Å². The first-order chi connectivity index (χ1) is 9.10. The van der Waals surface area contributed by atoms with Crippen LogP contribution >= 0.6 is 17.0 Å². The van der Waals surface area contributed by atoms with E-state index in [1.807, 2.05) is 6.92 Å². The molecule has 0 radical (unpaired) electrons. The van der Waals surface area contributed by atoms with Gasteiger partial charge in [0.25, 0.3) is 0 Å². The van der Waals surface area contributed by atoms with Gasteiger partial charge in [-0.15, -0.1) is 17.0 Å². The van der Waals surface area contributed by atoms with Crippen LogP contribution in [0.1, 0.15) is 52.4 Å². The first-order valence-corrected chi connectivity index (χ1v) is 7.16. The summed E-state index contributed by atoms with van der Waals surface area (Å²) in [5.41, 5.74) is 0. The van der Waals surface area contributed by atoms with Gasteiger partial charge < -0.3 is 15.4 Å². The zero-order valence-electron chi connectivity index (χ0n) is 13.0. The van der Waals surface area contributed by atoms with Crippen molar-refractivity contribution in [1.29, 1.82) is 0 Å². The molecule has 0 saturated carbocycles. The molecule has 2 atom stereocenters. The predicted molar refractivity (Wildman–Crippen MR) is 86.2 cm³/mol. The monoisotopic (exact) mass is 352 g/mol. The van der Waals surface area contributed by atoms with Crippen LogP contribution in [0.4, 0.5) is 0 Å². The summed E-state index contributed by atoms with van der Waals surface area (Å²) in [5.74, 6) is -0.491. The number of hydrogen-bond acceptors (Lipinski definition) is 4. The molecule has 2 unspecified atom stereocenters. The van der Waals surface area contributed by atoms with E-state index in [-0.39, 0.29) is 34.9 Å². The van der Waals surface area contributed by atoms with Crippen LogP contribution in [0.3, 0.4) is 0 Å². The molecule has 0 bridgehead atoms. The second-order valence-corrected chi connectivity index (χ2v) is 4.71. The number of halogens is 1. The van der Waals surface area contributed by atoms with Gasteiger partial charge >= 0.3 is 5.97 Å². The fourth-order valence-electron chi connectivity index (χ4n) is 1.89. The maximum absolute atomic E-state index is 12.1. The van der Waals surface area contributed by atoms with Crippen molar-refractivity contribution in [2.75, 3.05) is 14.2 Å². The molecule has 0 saturated heterocycles. The number of esters is 1. The van der Waals surface area contributed by atoms with E-state index in [1.54, 1.807) is 7.05 Å². The first kappa shape index (κ1) is 21.7. The van der Waals surface area contributed by atoms with Crippen molar-refractivity contribution >= 4 is 28.9 Å². The highest BCUT2D eigenvalue weighted by Crippen LogP contribution is 2.05. The van der Waals surface area contributed by atoms with Crippen molar-refractivity contribution in [2.45, 2.75) is 64.5 Å². The third kappa shape index (κ3) is 8.53. The minimum atomic E-state index is -0.532. The third-order valence-electron chi connectivity index (χ3n) is 3.16. The lowest BCUT2D eigenvalue weighted by molar-refractivity contribution is -0.145. The van der Waals surface area contributed by atoms with Crippen molar-refractivity contribution in [3.63, 3.8) is 0 Å². The summed E-state index contributed by atoms with van der Waals surface area (Å²) in [6, 6.07) is -0.774. The Morgan fingerprint density at radius 2 is 1.55 bits per heavy atom. The minimum absolute atomic E-state index is 0. The summed E-state index contributed by atoms with van der Waals surface area (Å²) in [5, 5.41) is 5.78. The quantitative estimate of drug-likeness (QED) is 0.591. The smallest absolute Gasteiger partial charge is 0.328 e. The van der Waals surface area contributed by atoms with Crippen LogP contribution in [0.5, 0.6) is 0 Å². The largest absolute Gasteiger partial charge is 0.467 e. The fraction of sp³-hybridized carbons (Fsp3) is 0.857. The van der Waals surface area contributed by atoms with Crippen LogP contribution in [-0.2, 0) is 14.3 Å². The predicted octanol–water partition coefficient (Wildman–Crippen LogP) is 2.19. The standard InChI is InChI=1S/C14H28N2O3.BrH/c1-5-7-9-11(15-3)13(17)16-12(10-8-6-2)14(18)19-4;/h11-12,15H,5-10H2,1-4H3,(H,16,17);1H. The Kier molecular flexibility index (Phi) is 14.5. The summed E-state index contributed by atoms with van der Waals surface area (Å²) < 4.78 is 4.73.